The molecule has 0 radical (unpaired) electrons. The molecule has 0 aliphatic heterocycles. The van der Waals surface area contributed by atoms with Crippen LogP contribution in [0.2, 0.25) is 0 Å². The summed E-state index contributed by atoms with van der Waals surface area (Å²) in [6.07, 6.45) is 23.4. The van der Waals surface area contributed by atoms with Crippen molar-refractivity contribution < 1.29 is 28.8 Å². The van der Waals surface area contributed by atoms with Gasteiger partial charge in [0.25, 0.3) is 0 Å². The van der Waals surface area contributed by atoms with Gasteiger partial charge in [0.15, 0.2) is 5.75 Å². The van der Waals surface area contributed by atoms with Gasteiger partial charge in [0, 0.05) is 47.1 Å². The molecule has 8 heteroatoms. The number of benzene rings is 2. The van der Waals surface area contributed by atoms with Crippen molar-refractivity contribution in [1.82, 2.24) is 9.97 Å². The van der Waals surface area contributed by atoms with Crippen molar-refractivity contribution in [2.75, 3.05) is 19.8 Å². The fourth-order valence-electron chi connectivity index (χ4n) is 7.45. The molecule has 0 saturated heterocycles. The minimum Gasteiger partial charge on any atom is -0.478 e. The standard InChI is InChI=1S/C45H52N2O6/c1-3-5-7-9-29-49-40-22-19-34(32-46-40)14-13-31-51-53-39-18-12-16-37-26-28-45(44(37)39)27-25-36-15-11-17-38(43(36)45)52-42(48)24-21-35-20-23-41(47-33-35)50-30-10-8-6-4-2/h11-24,32-33H,3-10,25-31H2,1-2H3/b14-13+,24-21+. The van der Waals surface area contributed by atoms with Crippen molar-refractivity contribution in [1.29, 1.82) is 0 Å². The van der Waals surface area contributed by atoms with Crippen LogP contribution in [0.15, 0.2) is 85.2 Å². The number of hydrogen-bond donors (Lipinski definition) is 0. The lowest BCUT2D eigenvalue weighted by atomic mass is 9.76. The van der Waals surface area contributed by atoms with Gasteiger partial charge >= 0.3 is 5.97 Å². The number of aryl methyl sites for hydroxylation is 2. The van der Waals surface area contributed by atoms with Crippen LogP contribution in [-0.4, -0.2) is 35.8 Å². The highest BCUT2D eigenvalue weighted by molar-refractivity contribution is 5.89. The molecule has 2 aromatic heterocycles. The Balaban J connectivity index is 1.06. The summed E-state index contributed by atoms with van der Waals surface area (Å²) in [6, 6.07) is 19.7. The highest BCUT2D eigenvalue weighted by Gasteiger charge is 2.48. The topological polar surface area (TPSA) is 89.0 Å². The molecule has 2 heterocycles. The maximum Gasteiger partial charge on any atom is 0.336 e. The van der Waals surface area contributed by atoms with E-state index >= 15 is 0 Å². The smallest absolute Gasteiger partial charge is 0.336 e. The third-order valence-corrected chi connectivity index (χ3v) is 10.1. The van der Waals surface area contributed by atoms with Gasteiger partial charge in [-0.2, -0.15) is 4.89 Å². The van der Waals surface area contributed by atoms with Crippen LogP contribution in [0, 0.1) is 0 Å². The summed E-state index contributed by atoms with van der Waals surface area (Å²) in [5, 5.41) is 0. The summed E-state index contributed by atoms with van der Waals surface area (Å²) in [4.78, 5) is 33.7. The Bertz CT molecular complexity index is 1830. The van der Waals surface area contributed by atoms with Gasteiger partial charge in [0.2, 0.25) is 11.8 Å². The number of ether oxygens (including phenoxy) is 3. The molecule has 6 rings (SSSR count). The molecular weight excluding hydrogens is 665 g/mol. The minimum absolute atomic E-state index is 0.266. The Hall–Kier alpha value is -4.95. The van der Waals surface area contributed by atoms with Crippen molar-refractivity contribution in [2.24, 2.45) is 0 Å². The largest absolute Gasteiger partial charge is 0.478 e. The third kappa shape index (κ3) is 9.93. The lowest BCUT2D eigenvalue weighted by Gasteiger charge is -2.29. The second-order valence-corrected chi connectivity index (χ2v) is 13.9. The number of carbonyl (C=O) groups is 1. The van der Waals surface area contributed by atoms with Crippen LogP contribution >= 0.6 is 0 Å². The molecule has 0 saturated carbocycles. The lowest BCUT2D eigenvalue weighted by Crippen LogP contribution is -2.24. The zero-order valence-corrected chi connectivity index (χ0v) is 31.2. The number of unbranched alkanes of at least 4 members (excludes halogenated alkanes) is 6. The second-order valence-electron chi connectivity index (χ2n) is 13.9. The fraction of sp³-hybridized carbons (Fsp3) is 0.400. The molecule has 0 bridgehead atoms. The minimum atomic E-state index is -0.436. The quantitative estimate of drug-likeness (QED) is 0.0223. The number of esters is 1. The normalized spacial score (nSPS) is 16.0. The fourth-order valence-corrected chi connectivity index (χ4v) is 7.45. The molecule has 1 spiro atoms. The highest BCUT2D eigenvalue weighted by Crippen LogP contribution is 2.57. The zero-order chi connectivity index (χ0) is 36.7. The maximum absolute atomic E-state index is 13.2. The van der Waals surface area contributed by atoms with Crippen LogP contribution < -0.4 is 19.1 Å². The first-order chi connectivity index (χ1) is 26.1. The Kier molecular flexibility index (Phi) is 13.7. The third-order valence-electron chi connectivity index (χ3n) is 10.1. The zero-order valence-electron chi connectivity index (χ0n) is 31.2. The molecular formula is C45H52N2O6. The average molecular weight is 717 g/mol. The van der Waals surface area contributed by atoms with Crippen molar-refractivity contribution in [2.45, 2.75) is 96.3 Å². The molecule has 53 heavy (non-hydrogen) atoms. The van der Waals surface area contributed by atoms with Crippen LogP contribution in [0.3, 0.4) is 0 Å². The SMILES string of the molecule is CCCCCCOc1ccc(/C=C/COOc2cccc3c2C2(CC3)CCc3cccc(OC(=O)/C=C/c4ccc(OCCCCCC)nc4)c32)cn1. The number of carbonyl (C=O) groups excluding carboxylic acids is 1. The van der Waals surface area contributed by atoms with Gasteiger partial charge in [-0.05, 0) is 91.1 Å². The Morgan fingerprint density at radius 1 is 0.698 bits per heavy atom. The number of hydrogen-bond acceptors (Lipinski definition) is 8. The summed E-state index contributed by atoms with van der Waals surface area (Å²) in [7, 11) is 0. The Labute approximate surface area is 314 Å². The summed E-state index contributed by atoms with van der Waals surface area (Å²) in [6.45, 7) is 6.01. The summed E-state index contributed by atoms with van der Waals surface area (Å²) >= 11 is 0. The highest BCUT2D eigenvalue weighted by atomic mass is 17.2. The van der Waals surface area contributed by atoms with E-state index in [9.17, 15) is 4.79 Å². The average Bonchev–Trinajstić information content (AvgIpc) is 3.76. The van der Waals surface area contributed by atoms with Gasteiger partial charge in [-0.15, -0.1) is 0 Å². The number of aromatic nitrogens is 2. The number of fused-ring (bicyclic) bond motifs is 4. The predicted molar refractivity (Wildman–Crippen MR) is 208 cm³/mol. The molecule has 1 atom stereocenters. The van der Waals surface area contributed by atoms with E-state index in [0.717, 1.165) is 67.2 Å². The van der Waals surface area contributed by atoms with Crippen LogP contribution in [0.1, 0.15) is 111 Å². The molecule has 1 unspecified atom stereocenters. The molecule has 2 aliphatic rings. The van der Waals surface area contributed by atoms with E-state index in [4.69, 9.17) is 24.0 Å². The number of rotatable bonds is 20. The first-order valence-corrected chi connectivity index (χ1v) is 19.4. The van der Waals surface area contributed by atoms with Crippen LogP contribution in [0.5, 0.6) is 23.3 Å². The van der Waals surface area contributed by atoms with Crippen molar-refractivity contribution in [3.05, 3.63) is 119 Å². The van der Waals surface area contributed by atoms with Crippen molar-refractivity contribution in [3.63, 3.8) is 0 Å². The van der Waals surface area contributed by atoms with Gasteiger partial charge in [-0.1, -0.05) is 88.8 Å². The summed E-state index contributed by atoms with van der Waals surface area (Å²) in [5.41, 5.74) is 6.04. The lowest BCUT2D eigenvalue weighted by molar-refractivity contribution is -0.196. The molecule has 0 fully saturated rings. The first-order valence-electron chi connectivity index (χ1n) is 19.4. The first kappa shape index (κ1) is 37.8. The Morgan fingerprint density at radius 2 is 1.28 bits per heavy atom. The van der Waals surface area contributed by atoms with E-state index in [1.807, 2.05) is 60.7 Å². The van der Waals surface area contributed by atoms with E-state index in [1.54, 1.807) is 18.5 Å². The van der Waals surface area contributed by atoms with E-state index in [-0.39, 0.29) is 12.0 Å². The van der Waals surface area contributed by atoms with Gasteiger partial charge in [0.1, 0.15) is 12.4 Å². The second kappa shape index (κ2) is 19.2. The number of nitrogens with zero attached hydrogens (tertiary/aromatic N) is 2. The van der Waals surface area contributed by atoms with Crippen LogP contribution in [0.25, 0.3) is 12.2 Å². The molecule has 278 valence electrons. The van der Waals surface area contributed by atoms with E-state index in [0.29, 0.717) is 36.5 Å². The monoisotopic (exact) mass is 716 g/mol. The number of pyridine rings is 2. The summed E-state index contributed by atoms with van der Waals surface area (Å²) in [5.74, 6) is 2.09. The molecule has 8 nitrogen and oxygen atoms in total. The van der Waals surface area contributed by atoms with E-state index < -0.39 is 5.97 Å². The molecule has 2 aromatic carbocycles. The molecule has 2 aliphatic carbocycles. The van der Waals surface area contributed by atoms with Crippen LogP contribution in [-0.2, 0) is 27.9 Å². The predicted octanol–water partition coefficient (Wildman–Crippen LogP) is 10.2. The van der Waals surface area contributed by atoms with Crippen molar-refractivity contribution >= 4 is 18.1 Å². The van der Waals surface area contributed by atoms with Gasteiger partial charge in [-0.25, -0.2) is 14.8 Å². The molecule has 4 aromatic rings. The van der Waals surface area contributed by atoms with Gasteiger partial charge in [-0.3, -0.25) is 0 Å². The molecule has 0 N–H and O–H groups in total. The Morgan fingerprint density at radius 3 is 1.87 bits per heavy atom. The molecule has 0 amide bonds. The van der Waals surface area contributed by atoms with Crippen LogP contribution in [0.4, 0.5) is 0 Å². The van der Waals surface area contributed by atoms with E-state index in [2.05, 4.69) is 35.9 Å². The maximum atomic E-state index is 13.2. The van der Waals surface area contributed by atoms with Gasteiger partial charge < -0.3 is 19.1 Å². The van der Waals surface area contributed by atoms with E-state index in [1.165, 1.54) is 49.3 Å². The van der Waals surface area contributed by atoms with Crippen molar-refractivity contribution in [3.8, 4) is 23.3 Å². The summed E-state index contributed by atoms with van der Waals surface area (Å²) < 4.78 is 17.6. The van der Waals surface area contributed by atoms with Gasteiger partial charge in [0.05, 0.1) is 13.2 Å².